The molecule has 7 nitrogen and oxygen atoms in total. The third kappa shape index (κ3) is 6.09. The number of nitrogens with one attached hydrogen (secondary N) is 1. The van der Waals surface area contributed by atoms with Gasteiger partial charge in [-0.25, -0.2) is 14.6 Å². The smallest absolute Gasteiger partial charge is 0.337 e. The summed E-state index contributed by atoms with van der Waals surface area (Å²) in [7, 11) is 2.51. The van der Waals surface area contributed by atoms with Crippen LogP contribution in [0.15, 0.2) is 54.0 Å². The Labute approximate surface area is 202 Å². The molecule has 0 radical (unpaired) electrons. The summed E-state index contributed by atoms with van der Waals surface area (Å²) in [5, 5.41) is 15.1. The standard InChI is InChI=1S/C26H25N3O4S/c1-16(2)9-17-5-7-18(8-6-17)23-15-34-24(29-23)21(13-27)14-28-22-11-19(25(30)32-3)10-20(12-22)26(31)33-4/h5-8,10-12,14-16,28H,9H2,1-4H3. The third-order valence-electron chi connectivity index (χ3n) is 4.91. The van der Waals surface area contributed by atoms with E-state index in [0.29, 0.717) is 22.2 Å². The number of thiazole rings is 1. The Morgan fingerprint density at radius 2 is 1.71 bits per heavy atom. The van der Waals surface area contributed by atoms with Gasteiger partial charge in [-0.05, 0) is 36.1 Å². The number of hydrogen-bond acceptors (Lipinski definition) is 8. The average molecular weight is 476 g/mol. The van der Waals surface area contributed by atoms with E-state index in [1.54, 1.807) is 0 Å². The molecule has 2 aromatic carbocycles. The lowest BCUT2D eigenvalue weighted by molar-refractivity contribution is 0.0599. The minimum atomic E-state index is -0.595. The number of rotatable bonds is 8. The van der Waals surface area contributed by atoms with Crippen molar-refractivity contribution in [2.24, 2.45) is 5.92 Å². The van der Waals surface area contributed by atoms with Crippen LogP contribution in [0.1, 0.15) is 45.1 Å². The fourth-order valence-electron chi connectivity index (χ4n) is 3.29. The van der Waals surface area contributed by atoms with Gasteiger partial charge in [0.05, 0.1) is 31.0 Å². The van der Waals surface area contributed by atoms with E-state index in [1.165, 1.54) is 55.5 Å². The molecule has 3 aromatic rings. The van der Waals surface area contributed by atoms with Gasteiger partial charge in [0.1, 0.15) is 16.6 Å². The molecule has 0 saturated heterocycles. The van der Waals surface area contributed by atoms with Crippen LogP contribution in [0.2, 0.25) is 0 Å². The van der Waals surface area contributed by atoms with Crippen molar-refractivity contribution >= 4 is 34.5 Å². The lowest BCUT2D eigenvalue weighted by atomic mass is 10.0. The Kier molecular flexibility index (Phi) is 8.17. The van der Waals surface area contributed by atoms with Crippen LogP contribution in [0, 0.1) is 17.2 Å². The van der Waals surface area contributed by atoms with Gasteiger partial charge in [0.25, 0.3) is 0 Å². The fraction of sp³-hybridized carbons (Fsp3) is 0.231. The van der Waals surface area contributed by atoms with Gasteiger partial charge in [0.2, 0.25) is 0 Å². The second kappa shape index (κ2) is 11.3. The summed E-state index contributed by atoms with van der Waals surface area (Å²) in [4.78, 5) is 28.6. The molecular weight excluding hydrogens is 450 g/mol. The topological polar surface area (TPSA) is 101 Å². The van der Waals surface area contributed by atoms with Gasteiger partial charge in [-0.2, -0.15) is 5.26 Å². The monoisotopic (exact) mass is 475 g/mol. The number of ether oxygens (including phenoxy) is 2. The molecule has 0 aliphatic heterocycles. The molecule has 8 heteroatoms. The Bertz CT molecular complexity index is 1220. The number of hydrogen-bond donors (Lipinski definition) is 1. The molecule has 1 aromatic heterocycles. The number of benzene rings is 2. The van der Waals surface area contributed by atoms with Crippen molar-refractivity contribution < 1.29 is 19.1 Å². The molecule has 174 valence electrons. The zero-order valence-electron chi connectivity index (χ0n) is 19.4. The summed E-state index contributed by atoms with van der Waals surface area (Å²) in [6.45, 7) is 4.37. The number of nitrogens with zero attached hydrogens (tertiary/aromatic N) is 2. The van der Waals surface area contributed by atoms with Crippen LogP contribution in [0.4, 0.5) is 5.69 Å². The quantitative estimate of drug-likeness (QED) is 0.336. The maximum atomic E-state index is 12.0. The number of allylic oxidation sites excluding steroid dienone is 1. The zero-order chi connectivity index (χ0) is 24.7. The third-order valence-corrected chi connectivity index (χ3v) is 5.78. The van der Waals surface area contributed by atoms with Gasteiger partial charge < -0.3 is 14.8 Å². The number of carbonyl (C=O) groups excluding carboxylic acids is 2. The molecule has 0 saturated carbocycles. The van der Waals surface area contributed by atoms with E-state index in [4.69, 9.17) is 9.47 Å². The summed E-state index contributed by atoms with van der Waals surface area (Å²) in [6, 6.07) is 14.9. The number of esters is 2. The molecule has 0 bridgehead atoms. The summed E-state index contributed by atoms with van der Waals surface area (Å²) in [5.41, 5.74) is 4.14. The number of carbonyl (C=O) groups is 2. The minimum Gasteiger partial charge on any atom is -0.465 e. The van der Waals surface area contributed by atoms with E-state index in [-0.39, 0.29) is 11.1 Å². The summed E-state index contributed by atoms with van der Waals surface area (Å²) in [6.07, 6.45) is 2.51. The molecule has 0 fully saturated rings. The van der Waals surface area contributed by atoms with Gasteiger partial charge >= 0.3 is 11.9 Å². The van der Waals surface area contributed by atoms with Crippen molar-refractivity contribution in [2.45, 2.75) is 20.3 Å². The lowest BCUT2D eigenvalue weighted by Gasteiger charge is -2.08. The first-order valence-corrected chi connectivity index (χ1v) is 11.5. The van der Waals surface area contributed by atoms with E-state index in [0.717, 1.165) is 17.7 Å². The van der Waals surface area contributed by atoms with Crippen LogP contribution < -0.4 is 5.32 Å². The van der Waals surface area contributed by atoms with Crippen LogP contribution >= 0.6 is 11.3 Å². The summed E-state index contributed by atoms with van der Waals surface area (Å²) < 4.78 is 9.50. The van der Waals surface area contributed by atoms with E-state index < -0.39 is 11.9 Å². The summed E-state index contributed by atoms with van der Waals surface area (Å²) in [5.74, 6) is -0.603. The van der Waals surface area contributed by atoms with Crippen molar-refractivity contribution in [3.8, 4) is 17.3 Å². The normalized spacial score (nSPS) is 11.1. The largest absolute Gasteiger partial charge is 0.465 e. The Balaban J connectivity index is 1.84. The predicted molar refractivity (Wildman–Crippen MR) is 132 cm³/mol. The number of nitriles is 1. The van der Waals surface area contributed by atoms with Crippen LogP contribution in [-0.2, 0) is 15.9 Å². The van der Waals surface area contributed by atoms with Crippen molar-refractivity contribution in [1.29, 1.82) is 5.26 Å². The van der Waals surface area contributed by atoms with Crippen molar-refractivity contribution in [2.75, 3.05) is 19.5 Å². The van der Waals surface area contributed by atoms with Crippen LogP contribution in [0.25, 0.3) is 16.8 Å². The van der Waals surface area contributed by atoms with Gasteiger partial charge in [0, 0.05) is 22.8 Å². The Morgan fingerprint density at radius 1 is 1.09 bits per heavy atom. The molecular formula is C26H25N3O4S. The van der Waals surface area contributed by atoms with Crippen molar-refractivity contribution in [1.82, 2.24) is 4.98 Å². The predicted octanol–water partition coefficient (Wildman–Crippen LogP) is 5.56. The molecule has 0 spiro atoms. The first-order chi connectivity index (χ1) is 16.3. The SMILES string of the molecule is COC(=O)c1cc(NC=C(C#N)c2nc(-c3ccc(CC(C)C)cc3)cs2)cc(C(=O)OC)c1. The van der Waals surface area contributed by atoms with Gasteiger partial charge in [-0.15, -0.1) is 11.3 Å². The van der Waals surface area contributed by atoms with Gasteiger partial charge in [0.15, 0.2) is 0 Å². The molecule has 1 heterocycles. The maximum Gasteiger partial charge on any atom is 0.337 e. The number of aromatic nitrogens is 1. The molecule has 0 atom stereocenters. The zero-order valence-corrected chi connectivity index (χ0v) is 20.2. The molecule has 0 amide bonds. The maximum absolute atomic E-state index is 12.0. The first-order valence-electron chi connectivity index (χ1n) is 10.6. The van der Waals surface area contributed by atoms with Crippen LogP contribution in [0.3, 0.4) is 0 Å². The Hall–Kier alpha value is -3.96. The van der Waals surface area contributed by atoms with Crippen LogP contribution in [-0.4, -0.2) is 31.1 Å². The minimum absolute atomic E-state index is 0.178. The molecule has 1 N–H and O–H groups in total. The van der Waals surface area contributed by atoms with E-state index >= 15 is 0 Å². The fourth-order valence-corrected chi connectivity index (χ4v) is 4.09. The van der Waals surface area contributed by atoms with Crippen molar-refractivity contribution in [3.05, 3.63) is 75.7 Å². The molecule has 34 heavy (non-hydrogen) atoms. The molecule has 0 unspecified atom stereocenters. The number of methoxy groups -OCH3 is 2. The Morgan fingerprint density at radius 3 is 2.24 bits per heavy atom. The molecule has 3 rings (SSSR count). The number of anilines is 1. The van der Waals surface area contributed by atoms with Gasteiger partial charge in [-0.3, -0.25) is 0 Å². The second-order valence-corrected chi connectivity index (χ2v) is 8.79. The highest BCUT2D eigenvalue weighted by Gasteiger charge is 2.14. The van der Waals surface area contributed by atoms with E-state index in [9.17, 15) is 14.9 Å². The summed E-state index contributed by atoms with van der Waals surface area (Å²) >= 11 is 1.36. The van der Waals surface area contributed by atoms with Gasteiger partial charge in [-0.1, -0.05) is 38.1 Å². The van der Waals surface area contributed by atoms with Crippen molar-refractivity contribution in [3.63, 3.8) is 0 Å². The molecule has 0 aliphatic rings. The van der Waals surface area contributed by atoms with Crippen LogP contribution in [0.5, 0.6) is 0 Å². The molecule has 0 aliphatic carbocycles. The highest BCUT2D eigenvalue weighted by atomic mass is 32.1. The lowest BCUT2D eigenvalue weighted by Crippen LogP contribution is -2.07. The average Bonchev–Trinajstić information content (AvgIpc) is 3.33. The first kappa shape index (κ1) is 24.7. The van der Waals surface area contributed by atoms with E-state index in [1.807, 2.05) is 17.5 Å². The highest BCUT2D eigenvalue weighted by Crippen LogP contribution is 2.27. The second-order valence-electron chi connectivity index (χ2n) is 7.93. The van der Waals surface area contributed by atoms with E-state index in [2.05, 4.69) is 42.4 Å². The highest BCUT2D eigenvalue weighted by molar-refractivity contribution is 7.11.